The minimum atomic E-state index is 0.216. The first-order valence-electron chi connectivity index (χ1n) is 7.02. The summed E-state index contributed by atoms with van der Waals surface area (Å²) in [7, 11) is 0. The summed E-state index contributed by atoms with van der Waals surface area (Å²) in [5.41, 5.74) is 2.74. The van der Waals surface area contributed by atoms with Gasteiger partial charge in [0.25, 0.3) is 0 Å². The summed E-state index contributed by atoms with van der Waals surface area (Å²) in [5.74, 6) is 0.868. The topological polar surface area (TPSA) is 0 Å². The van der Waals surface area contributed by atoms with Crippen molar-refractivity contribution in [2.45, 2.75) is 57.2 Å². The Hall–Kier alpha value is -0.490. The molecular weight excluding hydrogens is 228 g/mol. The average Bonchev–Trinajstić information content (AvgIpc) is 2.83. The minimum absolute atomic E-state index is 0.216. The fourth-order valence-corrected chi connectivity index (χ4v) is 3.25. The summed E-state index contributed by atoms with van der Waals surface area (Å²) in [5, 5.41) is 0.216. The lowest BCUT2D eigenvalue weighted by Gasteiger charge is -2.15. The van der Waals surface area contributed by atoms with E-state index in [2.05, 4.69) is 31.2 Å². The highest BCUT2D eigenvalue weighted by Crippen LogP contribution is 2.36. The molecule has 1 aromatic rings. The van der Waals surface area contributed by atoms with Crippen LogP contribution in [-0.4, -0.2) is 0 Å². The summed E-state index contributed by atoms with van der Waals surface area (Å²) < 4.78 is 0. The molecule has 0 spiro atoms. The third kappa shape index (κ3) is 3.74. The van der Waals surface area contributed by atoms with Crippen LogP contribution >= 0.6 is 11.6 Å². The largest absolute Gasteiger partial charge is 0.118 e. The molecule has 1 aromatic carbocycles. The third-order valence-electron chi connectivity index (χ3n) is 3.90. The fraction of sp³-hybridized carbons (Fsp3) is 0.625. The molecule has 0 amide bonds. The summed E-state index contributed by atoms with van der Waals surface area (Å²) in [6.45, 7) is 2.22. The van der Waals surface area contributed by atoms with Crippen molar-refractivity contribution in [2.75, 3.05) is 0 Å². The molecule has 1 aliphatic carbocycles. The molecule has 2 rings (SSSR count). The SMILES string of the molecule is CCCc1ccc(C(Cl)CC2CCCC2)cc1. The molecule has 0 radical (unpaired) electrons. The Morgan fingerprint density at radius 2 is 1.82 bits per heavy atom. The van der Waals surface area contributed by atoms with Gasteiger partial charge in [-0.25, -0.2) is 0 Å². The van der Waals surface area contributed by atoms with E-state index in [1.807, 2.05) is 0 Å². The molecule has 94 valence electrons. The molecule has 1 saturated carbocycles. The van der Waals surface area contributed by atoms with Crippen LogP contribution in [0.25, 0.3) is 0 Å². The zero-order chi connectivity index (χ0) is 12.1. The summed E-state index contributed by atoms with van der Waals surface area (Å²) in [4.78, 5) is 0. The van der Waals surface area contributed by atoms with E-state index in [4.69, 9.17) is 11.6 Å². The van der Waals surface area contributed by atoms with Gasteiger partial charge in [-0.15, -0.1) is 11.6 Å². The van der Waals surface area contributed by atoms with Crippen molar-refractivity contribution in [3.8, 4) is 0 Å². The van der Waals surface area contributed by atoms with Crippen LogP contribution < -0.4 is 0 Å². The Morgan fingerprint density at radius 3 is 2.41 bits per heavy atom. The smallest absolute Gasteiger partial charge is 0.0587 e. The molecule has 1 heteroatoms. The molecule has 0 nitrogen and oxygen atoms in total. The predicted molar refractivity (Wildman–Crippen MR) is 75.6 cm³/mol. The second-order valence-electron chi connectivity index (χ2n) is 5.35. The number of hydrogen-bond acceptors (Lipinski definition) is 0. The van der Waals surface area contributed by atoms with Gasteiger partial charge in [0, 0.05) is 0 Å². The number of rotatable bonds is 5. The van der Waals surface area contributed by atoms with Crippen LogP contribution in [0.2, 0.25) is 0 Å². The zero-order valence-corrected chi connectivity index (χ0v) is 11.5. The van der Waals surface area contributed by atoms with E-state index in [0.717, 1.165) is 12.3 Å². The molecule has 1 unspecified atom stereocenters. The van der Waals surface area contributed by atoms with Crippen molar-refractivity contribution in [3.63, 3.8) is 0 Å². The lowest BCUT2D eigenvalue weighted by atomic mass is 9.97. The molecule has 1 atom stereocenters. The lowest BCUT2D eigenvalue weighted by Crippen LogP contribution is -2.00. The van der Waals surface area contributed by atoms with Crippen molar-refractivity contribution in [3.05, 3.63) is 35.4 Å². The van der Waals surface area contributed by atoms with E-state index in [1.54, 1.807) is 0 Å². The Labute approximate surface area is 110 Å². The van der Waals surface area contributed by atoms with Gasteiger partial charge in [0.1, 0.15) is 0 Å². The number of halogens is 1. The maximum atomic E-state index is 6.52. The highest BCUT2D eigenvalue weighted by molar-refractivity contribution is 6.20. The number of alkyl halides is 1. The van der Waals surface area contributed by atoms with Crippen molar-refractivity contribution < 1.29 is 0 Å². The Balaban J connectivity index is 1.91. The molecule has 1 aliphatic rings. The second kappa shape index (κ2) is 6.44. The maximum absolute atomic E-state index is 6.52. The Kier molecular flexibility index (Phi) is 4.91. The average molecular weight is 251 g/mol. The minimum Gasteiger partial charge on any atom is -0.118 e. The molecule has 1 fully saturated rings. The number of hydrogen-bond donors (Lipinski definition) is 0. The molecule has 0 aromatic heterocycles. The molecule has 0 aliphatic heterocycles. The summed E-state index contributed by atoms with van der Waals surface area (Å²) in [6.07, 6.45) is 9.14. The fourth-order valence-electron chi connectivity index (χ4n) is 2.86. The maximum Gasteiger partial charge on any atom is 0.0587 e. The van der Waals surface area contributed by atoms with E-state index < -0.39 is 0 Å². The van der Waals surface area contributed by atoms with E-state index in [0.29, 0.717) is 0 Å². The summed E-state index contributed by atoms with van der Waals surface area (Å²) >= 11 is 6.52. The lowest BCUT2D eigenvalue weighted by molar-refractivity contribution is 0.496. The van der Waals surface area contributed by atoms with Gasteiger partial charge in [-0.1, -0.05) is 63.3 Å². The second-order valence-corrected chi connectivity index (χ2v) is 5.87. The normalized spacial score (nSPS) is 18.5. The van der Waals surface area contributed by atoms with E-state index in [-0.39, 0.29) is 5.38 Å². The van der Waals surface area contributed by atoms with Gasteiger partial charge >= 0.3 is 0 Å². The predicted octanol–water partition coefficient (Wildman–Crippen LogP) is 5.50. The molecule has 0 bridgehead atoms. The highest BCUT2D eigenvalue weighted by atomic mass is 35.5. The van der Waals surface area contributed by atoms with Gasteiger partial charge in [-0.3, -0.25) is 0 Å². The molecule has 17 heavy (non-hydrogen) atoms. The van der Waals surface area contributed by atoms with Crippen LogP contribution in [0.1, 0.15) is 62.0 Å². The van der Waals surface area contributed by atoms with Crippen LogP contribution in [0.5, 0.6) is 0 Å². The van der Waals surface area contributed by atoms with Gasteiger partial charge in [0.15, 0.2) is 0 Å². The van der Waals surface area contributed by atoms with Crippen LogP contribution in [0.3, 0.4) is 0 Å². The zero-order valence-electron chi connectivity index (χ0n) is 10.8. The number of benzene rings is 1. The highest BCUT2D eigenvalue weighted by Gasteiger charge is 2.19. The van der Waals surface area contributed by atoms with E-state index in [9.17, 15) is 0 Å². The van der Waals surface area contributed by atoms with E-state index >= 15 is 0 Å². The van der Waals surface area contributed by atoms with Crippen molar-refractivity contribution in [2.24, 2.45) is 5.92 Å². The summed E-state index contributed by atoms with van der Waals surface area (Å²) in [6, 6.07) is 8.92. The van der Waals surface area contributed by atoms with Gasteiger partial charge in [-0.2, -0.15) is 0 Å². The van der Waals surface area contributed by atoms with Gasteiger partial charge < -0.3 is 0 Å². The molecule has 0 heterocycles. The molecule has 0 N–H and O–H groups in total. The first-order chi connectivity index (χ1) is 8.29. The first-order valence-corrected chi connectivity index (χ1v) is 7.46. The van der Waals surface area contributed by atoms with Gasteiger partial charge in [0.2, 0.25) is 0 Å². The Morgan fingerprint density at radius 1 is 1.18 bits per heavy atom. The Bertz CT molecular complexity index is 322. The quantitative estimate of drug-likeness (QED) is 0.606. The number of aryl methyl sites for hydroxylation is 1. The van der Waals surface area contributed by atoms with E-state index in [1.165, 1.54) is 49.7 Å². The standard InChI is InChI=1S/C16H23Cl/c1-2-5-13-8-10-15(11-9-13)16(17)12-14-6-3-4-7-14/h8-11,14,16H,2-7,12H2,1H3. The van der Waals surface area contributed by atoms with Gasteiger partial charge in [-0.05, 0) is 29.9 Å². The van der Waals surface area contributed by atoms with Crippen LogP contribution in [0, 0.1) is 5.92 Å². The van der Waals surface area contributed by atoms with Crippen molar-refractivity contribution in [1.29, 1.82) is 0 Å². The van der Waals surface area contributed by atoms with Crippen LogP contribution in [-0.2, 0) is 6.42 Å². The van der Waals surface area contributed by atoms with Crippen molar-refractivity contribution in [1.82, 2.24) is 0 Å². The molecule has 0 saturated heterocycles. The van der Waals surface area contributed by atoms with Gasteiger partial charge in [0.05, 0.1) is 5.38 Å². The monoisotopic (exact) mass is 250 g/mol. The van der Waals surface area contributed by atoms with Crippen molar-refractivity contribution >= 4 is 11.6 Å². The van der Waals surface area contributed by atoms with Crippen LogP contribution in [0.4, 0.5) is 0 Å². The third-order valence-corrected chi connectivity index (χ3v) is 4.33. The van der Waals surface area contributed by atoms with Crippen LogP contribution in [0.15, 0.2) is 24.3 Å². The first kappa shape index (κ1) is 13.0. The molecular formula is C16H23Cl.